The van der Waals surface area contributed by atoms with E-state index in [0.29, 0.717) is 12.8 Å². The van der Waals surface area contributed by atoms with Gasteiger partial charge >= 0.3 is 0 Å². The Morgan fingerprint density at radius 3 is 2.37 bits per heavy atom. The van der Waals surface area contributed by atoms with Gasteiger partial charge < -0.3 is 55.9 Å². The average Bonchev–Trinajstić information content (AvgIpc) is 3.27. The number of aliphatic hydroxyl groups excluding tert-OH is 5. The molecule has 0 aromatic rings. The van der Waals surface area contributed by atoms with Gasteiger partial charge in [0.2, 0.25) is 5.91 Å². The van der Waals surface area contributed by atoms with E-state index in [1.165, 1.54) is 0 Å². The molecule has 0 bridgehead atoms. The fourth-order valence-electron chi connectivity index (χ4n) is 5.83. The predicted octanol–water partition coefficient (Wildman–Crippen LogP) is -0.341. The van der Waals surface area contributed by atoms with Crippen molar-refractivity contribution in [1.82, 2.24) is 5.32 Å². The highest BCUT2D eigenvalue weighted by Gasteiger charge is 2.51. The van der Waals surface area contributed by atoms with Gasteiger partial charge in [0.25, 0.3) is 0 Å². The normalized spacial score (nSPS) is 41.7. The van der Waals surface area contributed by atoms with E-state index in [1.807, 2.05) is 19.9 Å². The molecule has 9 N–H and O–H groups in total. The zero-order valence-electron chi connectivity index (χ0n) is 24.9. The lowest BCUT2D eigenvalue weighted by Crippen LogP contribution is -2.62. The summed E-state index contributed by atoms with van der Waals surface area (Å²) in [6.45, 7) is 9.14. The van der Waals surface area contributed by atoms with E-state index < -0.39 is 84.8 Å². The molecule has 13 atom stereocenters. The van der Waals surface area contributed by atoms with Crippen molar-refractivity contribution >= 4 is 5.91 Å². The van der Waals surface area contributed by atoms with Crippen LogP contribution >= 0.6 is 0 Å². The second kappa shape index (κ2) is 14.5. The van der Waals surface area contributed by atoms with Crippen molar-refractivity contribution < 1.29 is 49.6 Å². The summed E-state index contributed by atoms with van der Waals surface area (Å²) in [5.74, 6) is -3.59. The van der Waals surface area contributed by atoms with Crippen molar-refractivity contribution in [2.24, 2.45) is 23.5 Å². The molecule has 1 aliphatic carbocycles. The Kier molecular flexibility index (Phi) is 12.1. The molecule has 2 saturated heterocycles. The highest BCUT2D eigenvalue weighted by atomic mass is 16.7. The Labute approximate surface area is 242 Å². The SMILES string of the molecule is CC(C)/C=C/[C@@H](C[C@@H]1O[C@](O)(C[C@@H](O)C(C)C)C[C@H](O)[C@H]1C(=O)N[C@H]1CCC[C@H]1O)OC1OC(C)C(O)C(N)C1O. The van der Waals surface area contributed by atoms with Crippen LogP contribution in [-0.2, 0) is 19.0 Å². The van der Waals surface area contributed by atoms with Crippen LogP contribution in [0.5, 0.6) is 0 Å². The van der Waals surface area contributed by atoms with Crippen molar-refractivity contribution in [3.8, 4) is 0 Å². The van der Waals surface area contributed by atoms with Crippen molar-refractivity contribution in [3.05, 3.63) is 12.2 Å². The topological polar surface area (TPSA) is 204 Å². The van der Waals surface area contributed by atoms with Gasteiger partial charge in [0.05, 0.1) is 60.7 Å². The quantitative estimate of drug-likeness (QED) is 0.147. The zero-order valence-corrected chi connectivity index (χ0v) is 24.9. The minimum Gasteiger partial charge on any atom is -0.393 e. The highest BCUT2D eigenvalue weighted by molar-refractivity contribution is 5.80. The lowest BCUT2D eigenvalue weighted by atomic mass is 9.81. The third-order valence-electron chi connectivity index (χ3n) is 8.50. The van der Waals surface area contributed by atoms with Crippen molar-refractivity contribution in [3.63, 3.8) is 0 Å². The molecule has 0 aromatic carbocycles. The first-order valence-corrected chi connectivity index (χ1v) is 15.0. The zero-order chi connectivity index (χ0) is 30.6. The number of aliphatic hydroxyl groups is 6. The summed E-state index contributed by atoms with van der Waals surface area (Å²) in [7, 11) is 0. The van der Waals surface area contributed by atoms with Crippen molar-refractivity contribution in [1.29, 1.82) is 0 Å². The smallest absolute Gasteiger partial charge is 0.228 e. The van der Waals surface area contributed by atoms with Crippen LogP contribution in [-0.4, -0.2) is 110 Å². The molecule has 0 aromatic heterocycles. The van der Waals surface area contributed by atoms with E-state index in [9.17, 15) is 35.4 Å². The summed E-state index contributed by atoms with van der Waals surface area (Å²) in [5, 5.41) is 67.1. The van der Waals surface area contributed by atoms with E-state index >= 15 is 0 Å². The van der Waals surface area contributed by atoms with Gasteiger partial charge in [-0.2, -0.15) is 0 Å². The molecule has 1 amide bonds. The molecule has 5 unspecified atom stereocenters. The first-order chi connectivity index (χ1) is 19.1. The lowest BCUT2D eigenvalue weighted by molar-refractivity contribution is -0.307. The molecule has 12 heteroatoms. The molecule has 0 spiro atoms. The Morgan fingerprint density at radius 2 is 1.78 bits per heavy atom. The number of amides is 1. The number of carbonyl (C=O) groups is 1. The number of nitrogens with one attached hydrogen (secondary N) is 1. The fraction of sp³-hybridized carbons (Fsp3) is 0.897. The maximum Gasteiger partial charge on any atom is 0.228 e. The molecule has 3 fully saturated rings. The van der Waals surface area contributed by atoms with E-state index in [1.54, 1.807) is 26.8 Å². The summed E-state index contributed by atoms with van der Waals surface area (Å²) in [4.78, 5) is 13.5. The van der Waals surface area contributed by atoms with Crippen LogP contribution in [0.15, 0.2) is 12.2 Å². The first kappa shape index (κ1) is 34.3. The fourth-order valence-corrected chi connectivity index (χ4v) is 5.83. The maximum absolute atomic E-state index is 13.5. The number of hydrogen-bond acceptors (Lipinski definition) is 11. The van der Waals surface area contributed by atoms with Crippen LogP contribution in [0.2, 0.25) is 0 Å². The van der Waals surface area contributed by atoms with Gasteiger partial charge in [-0.05, 0) is 38.0 Å². The van der Waals surface area contributed by atoms with Gasteiger partial charge in [-0.15, -0.1) is 0 Å². The number of ether oxygens (including phenoxy) is 3. The van der Waals surface area contributed by atoms with Gasteiger partial charge in [0.1, 0.15) is 6.10 Å². The average molecular weight is 589 g/mol. The number of allylic oxidation sites excluding steroid dienone is 1. The van der Waals surface area contributed by atoms with Gasteiger partial charge in [-0.1, -0.05) is 39.8 Å². The van der Waals surface area contributed by atoms with Crippen molar-refractivity contribution in [2.75, 3.05) is 0 Å². The highest BCUT2D eigenvalue weighted by Crippen LogP contribution is 2.38. The van der Waals surface area contributed by atoms with Crippen LogP contribution in [0.1, 0.15) is 73.1 Å². The lowest BCUT2D eigenvalue weighted by Gasteiger charge is -2.46. The molecule has 1 saturated carbocycles. The molecule has 41 heavy (non-hydrogen) atoms. The van der Waals surface area contributed by atoms with E-state index in [-0.39, 0.29) is 31.1 Å². The van der Waals surface area contributed by atoms with E-state index in [4.69, 9.17) is 19.9 Å². The molecular formula is C29H52N2O10. The van der Waals surface area contributed by atoms with Gasteiger partial charge in [0, 0.05) is 19.3 Å². The van der Waals surface area contributed by atoms with Crippen LogP contribution in [0.25, 0.3) is 0 Å². The first-order valence-electron chi connectivity index (χ1n) is 15.0. The summed E-state index contributed by atoms with van der Waals surface area (Å²) in [6.07, 6.45) is -4.06. The summed E-state index contributed by atoms with van der Waals surface area (Å²) in [6, 6.07) is -1.46. The van der Waals surface area contributed by atoms with Crippen LogP contribution < -0.4 is 11.1 Å². The third-order valence-corrected chi connectivity index (χ3v) is 8.50. The second-order valence-corrected chi connectivity index (χ2v) is 12.8. The monoisotopic (exact) mass is 588 g/mol. The Balaban J connectivity index is 1.88. The predicted molar refractivity (Wildman–Crippen MR) is 149 cm³/mol. The van der Waals surface area contributed by atoms with E-state index in [2.05, 4.69) is 5.32 Å². The molecule has 3 aliphatic rings. The van der Waals surface area contributed by atoms with Gasteiger partial charge in [0.15, 0.2) is 12.1 Å². The molecular weight excluding hydrogens is 536 g/mol. The minimum absolute atomic E-state index is 0.0234. The minimum atomic E-state index is -1.91. The molecule has 238 valence electrons. The molecule has 12 nitrogen and oxygen atoms in total. The van der Waals surface area contributed by atoms with Gasteiger partial charge in [-0.3, -0.25) is 4.79 Å². The van der Waals surface area contributed by atoms with Gasteiger partial charge in [-0.25, -0.2) is 0 Å². The summed E-state index contributed by atoms with van der Waals surface area (Å²) < 4.78 is 18.0. The number of rotatable bonds is 11. The summed E-state index contributed by atoms with van der Waals surface area (Å²) >= 11 is 0. The standard InChI is InChI=1S/C29H52N2O10/c1-14(2)9-10-17(40-28-26(36)24(30)25(35)16(5)39-28)11-22-23(27(37)31-18-7-6-8-19(18)32)21(34)13-29(38,41-22)12-20(33)15(3)4/h9-10,14-26,28,32-36,38H,6-8,11-13,30H2,1-5H3,(H,31,37)/b10-9+/t16?,17-,18-,19+,20+,21-,22-,23+,24?,25?,26?,28?,29+/m0/s1. The maximum atomic E-state index is 13.5. The van der Waals surface area contributed by atoms with E-state index in [0.717, 1.165) is 6.42 Å². The molecule has 2 aliphatic heterocycles. The molecule has 3 rings (SSSR count). The number of nitrogens with two attached hydrogens (primary N) is 1. The number of hydrogen-bond donors (Lipinski definition) is 8. The molecule has 0 radical (unpaired) electrons. The Morgan fingerprint density at radius 1 is 1.10 bits per heavy atom. The van der Waals surface area contributed by atoms with Crippen LogP contribution in [0.3, 0.4) is 0 Å². The third kappa shape index (κ3) is 8.91. The Hall–Kier alpha value is -1.19. The Bertz CT molecular complexity index is 875. The van der Waals surface area contributed by atoms with Crippen molar-refractivity contribution in [2.45, 2.75) is 146 Å². The second-order valence-electron chi connectivity index (χ2n) is 12.8. The van der Waals surface area contributed by atoms with Crippen LogP contribution in [0.4, 0.5) is 0 Å². The number of carbonyl (C=O) groups excluding carboxylic acids is 1. The molecule has 2 heterocycles. The van der Waals surface area contributed by atoms with Crippen LogP contribution in [0, 0.1) is 17.8 Å². The summed E-state index contributed by atoms with van der Waals surface area (Å²) in [5.41, 5.74) is 5.99. The largest absolute Gasteiger partial charge is 0.393 e.